The third-order valence-corrected chi connectivity index (χ3v) is 3.75. The van der Waals surface area contributed by atoms with Gasteiger partial charge in [0.2, 0.25) is 0 Å². The van der Waals surface area contributed by atoms with Crippen molar-refractivity contribution in [3.8, 4) is 6.07 Å². The Morgan fingerprint density at radius 1 is 1.23 bits per heavy atom. The molecule has 3 rings (SSSR count). The molecule has 0 saturated carbocycles. The predicted molar refractivity (Wildman–Crippen MR) is 84.4 cm³/mol. The molecule has 6 heteroatoms. The van der Waals surface area contributed by atoms with Crippen molar-refractivity contribution in [1.29, 1.82) is 5.26 Å². The van der Waals surface area contributed by atoms with Gasteiger partial charge in [0.25, 0.3) is 0 Å². The van der Waals surface area contributed by atoms with Gasteiger partial charge >= 0.3 is 0 Å². The fourth-order valence-electron chi connectivity index (χ4n) is 2.35. The van der Waals surface area contributed by atoms with E-state index in [0.29, 0.717) is 17.9 Å². The second-order valence-electron chi connectivity index (χ2n) is 5.25. The lowest BCUT2D eigenvalue weighted by atomic mass is 10.1. The number of aromatic nitrogens is 4. The number of para-hydroxylation sites is 1. The smallest absolute Gasteiger partial charge is 0.167 e. The zero-order valence-electron chi connectivity index (χ0n) is 12.7. The Labute approximate surface area is 128 Å². The molecule has 2 aromatic heterocycles. The minimum absolute atomic E-state index is 0.458. The maximum atomic E-state index is 9.29. The minimum atomic E-state index is 0.458. The molecule has 0 aliphatic carbocycles. The van der Waals surface area contributed by atoms with Gasteiger partial charge in [-0.25, -0.2) is 4.98 Å². The van der Waals surface area contributed by atoms with Gasteiger partial charge in [-0.15, -0.1) is 5.10 Å². The van der Waals surface area contributed by atoms with Crippen LogP contribution in [0.25, 0.3) is 11.0 Å². The van der Waals surface area contributed by atoms with Crippen molar-refractivity contribution in [2.75, 3.05) is 5.32 Å². The van der Waals surface area contributed by atoms with Crippen LogP contribution in [0, 0.1) is 32.1 Å². The molecule has 2 heterocycles. The molecule has 6 nitrogen and oxygen atoms in total. The number of aromatic amines is 1. The van der Waals surface area contributed by atoms with Crippen molar-refractivity contribution >= 4 is 16.9 Å². The average molecular weight is 292 g/mol. The van der Waals surface area contributed by atoms with E-state index >= 15 is 0 Å². The Balaban J connectivity index is 1.87. The van der Waals surface area contributed by atoms with Crippen LogP contribution in [0.15, 0.2) is 18.2 Å². The van der Waals surface area contributed by atoms with Crippen molar-refractivity contribution in [2.24, 2.45) is 0 Å². The Hall–Kier alpha value is -2.94. The summed E-state index contributed by atoms with van der Waals surface area (Å²) in [5.74, 6) is 1.29. The first-order valence-electron chi connectivity index (χ1n) is 7.02. The fraction of sp³-hybridized carbons (Fsp3) is 0.250. The second-order valence-corrected chi connectivity index (χ2v) is 5.25. The van der Waals surface area contributed by atoms with E-state index in [1.165, 1.54) is 0 Å². The highest BCUT2D eigenvalue weighted by Crippen LogP contribution is 2.19. The number of hydrogen-bond acceptors (Lipinski definition) is 5. The molecule has 0 aliphatic rings. The molecular formula is C16H16N6. The normalized spacial score (nSPS) is 10.6. The fourth-order valence-corrected chi connectivity index (χ4v) is 2.35. The summed E-state index contributed by atoms with van der Waals surface area (Å²) in [5, 5.41) is 20.6. The van der Waals surface area contributed by atoms with Crippen LogP contribution in [-0.2, 0) is 6.54 Å². The van der Waals surface area contributed by atoms with Gasteiger partial charge in [-0.3, -0.25) is 0 Å². The lowest BCUT2D eigenvalue weighted by Gasteiger charge is -2.08. The summed E-state index contributed by atoms with van der Waals surface area (Å²) in [7, 11) is 0. The van der Waals surface area contributed by atoms with E-state index in [9.17, 15) is 5.26 Å². The summed E-state index contributed by atoms with van der Waals surface area (Å²) in [6.45, 7) is 6.20. The Bertz CT molecular complexity index is 888. The molecule has 2 N–H and O–H groups in total. The first kappa shape index (κ1) is 14.0. The molecule has 110 valence electrons. The SMILES string of the molecule is Cc1nnc(NCc2nc3c(C)cccc3[nH]2)c(C#N)c1C. The van der Waals surface area contributed by atoms with Gasteiger partial charge in [-0.2, -0.15) is 10.4 Å². The van der Waals surface area contributed by atoms with Crippen molar-refractivity contribution in [3.63, 3.8) is 0 Å². The summed E-state index contributed by atoms with van der Waals surface area (Å²) < 4.78 is 0. The summed E-state index contributed by atoms with van der Waals surface area (Å²) in [5.41, 5.74) is 5.24. The van der Waals surface area contributed by atoms with Gasteiger partial charge in [0.1, 0.15) is 17.5 Å². The first-order valence-corrected chi connectivity index (χ1v) is 7.02. The largest absolute Gasteiger partial charge is 0.360 e. The maximum absolute atomic E-state index is 9.29. The zero-order chi connectivity index (χ0) is 15.7. The quantitative estimate of drug-likeness (QED) is 0.774. The van der Waals surface area contributed by atoms with Crippen LogP contribution in [-0.4, -0.2) is 20.2 Å². The highest BCUT2D eigenvalue weighted by atomic mass is 15.2. The van der Waals surface area contributed by atoms with Crippen molar-refractivity contribution < 1.29 is 0 Å². The van der Waals surface area contributed by atoms with Gasteiger partial charge in [0.05, 0.1) is 23.3 Å². The van der Waals surface area contributed by atoms with Crippen LogP contribution >= 0.6 is 0 Å². The lowest BCUT2D eigenvalue weighted by molar-refractivity contribution is 0.924. The molecule has 0 fully saturated rings. The standard InChI is InChI=1S/C16H16N6/c1-9-5-4-6-13-15(9)20-14(19-13)8-18-16-12(7-17)10(2)11(3)21-22-16/h4-6H,8H2,1-3H3,(H,18,22)(H,19,20). The first-order chi connectivity index (χ1) is 10.6. The van der Waals surface area contributed by atoms with E-state index in [1.54, 1.807) is 0 Å². The number of fused-ring (bicyclic) bond motifs is 1. The molecule has 0 atom stereocenters. The predicted octanol–water partition coefficient (Wildman–Crippen LogP) is 2.76. The Kier molecular flexibility index (Phi) is 3.47. The number of H-pyrrole nitrogens is 1. The van der Waals surface area contributed by atoms with Gasteiger partial charge < -0.3 is 10.3 Å². The maximum Gasteiger partial charge on any atom is 0.167 e. The van der Waals surface area contributed by atoms with Crippen LogP contribution in [0.5, 0.6) is 0 Å². The number of rotatable bonds is 3. The Morgan fingerprint density at radius 2 is 2.05 bits per heavy atom. The molecule has 0 aliphatic heterocycles. The summed E-state index contributed by atoms with van der Waals surface area (Å²) in [6.07, 6.45) is 0. The van der Waals surface area contributed by atoms with Crippen molar-refractivity contribution in [2.45, 2.75) is 27.3 Å². The molecule has 0 amide bonds. The number of nitrogens with one attached hydrogen (secondary N) is 2. The Morgan fingerprint density at radius 3 is 2.77 bits per heavy atom. The number of hydrogen-bond donors (Lipinski definition) is 2. The average Bonchev–Trinajstić information content (AvgIpc) is 2.93. The van der Waals surface area contributed by atoms with Crippen molar-refractivity contribution in [1.82, 2.24) is 20.2 Å². The molecule has 0 bridgehead atoms. The number of benzene rings is 1. The summed E-state index contributed by atoms with van der Waals surface area (Å²) in [6, 6.07) is 8.20. The van der Waals surface area contributed by atoms with E-state index in [4.69, 9.17) is 0 Å². The summed E-state index contributed by atoms with van der Waals surface area (Å²) >= 11 is 0. The molecule has 1 aromatic carbocycles. The number of nitriles is 1. The molecule has 0 unspecified atom stereocenters. The van der Waals surface area contributed by atoms with Gasteiger partial charge in [-0.1, -0.05) is 12.1 Å². The van der Waals surface area contributed by atoms with Crippen LogP contribution < -0.4 is 5.32 Å². The number of anilines is 1. The molecule has 3 aromatic rings. The third kappa shape index (κ3) is 2.37. The second kappa shape index (κ2) is 5.45. The van der Waals surface area contributed by atoms with Gasteiger partial charge in [0.15, 0.2) is 5.82 Å². The van der Waals surface area contributed by atoms with Crippen LogP contribution in [0.2, 0.25) is 0 Å². The topological polar surface area (TPSA) is 90.3 Å². The number of imidazole rings is 1. The summed E-state index contributed by atoms with van der Waals surface area (Å²) in [4.78, 5) is 7.84. The van der Waals surface area contributed by atoms with E-state index < -0.39 is 0 Å². The molecule has 0 spiro atoms. The van der Waals surface area contributed by atoms with E-state index in [1.807, 2.05) is 39.0 Å². The molecule has 0 saturated heterocycles. The van der Waals surface area contributed by atoms with Gasteiger partial charge in [0, 0.05) is 0 Å². The number of nitrogens with zero attached hydrogens (tertiary/aromatic N) is 4. The molecule has 22 heavy (non-hydrogen) atoms. The molecular weight excluding hydrogens is 276 g/mol. The minimum Gasteiger partial charge on any atom is -0.360 e. The third-order valence-electron chi connectivity index (χ3n) is 3.75. The lowest BCUT2D eigenvalue weighted by Crippen LogP contribution is -2.08. The van der Waals surface area contributed by atoms with Crippen LogP contribution in [0.1, 0.15) is 28.2 Å². The highest BCUT2D eigenvalue weighted by molar-refractivity contribution is 5.78. The van der Waals surface area contributed by atoms with Gasteiger partial charge in [-0.05, 0) is 38.0 Å². The van der Waals surface area contributed by atoms with E-state index in [2.05, 4.69) is 31.6 Å². The molecule has 0 radical (unpaired) electrons. The van der Waals surface area contributed by atoms with Crippen LogP contribution in [0.3, 0.4) is 0 Å². The number of aryl methyl sites for hydroxylation is 2. The monoisotopic (exact) mass is 292 g/mol. The van der Waals surface area contributed by atoms with E-state index in [-0.39, 0.29) is 0 Å². The zero-order valence-corrected chi connectivity index (χ0v) is 12.7. The van der Waals surface area contributed by atoms with Crippen LogP contribution in [0.4, 0.5) is 5.82 Å². The van der Waals surface area contributed by atoms with E-state index in [0.717, 1.165) is 33.7 Å². The van der Waals surface area contributed by atoms with Crippen molar-refractivity contribution in [3.05, 3.63) is 46.4 Å². The highest BCUT2D eigenvalue weighted by Gasteiger charge is 2.11.